The molecule has 0 saturated heterocycles. The van der Waals surface area contributed by atoms with Crippen molar-refractivity contribution in [3.63, 3.8) is 0 Å². The normalized spacial score (nSPS) is 11.0. The lowest BCUT2D eigenvalue weighted by Gasteiger charge is -2.08. The van der Waals surface area contributed by atoms with Gasteiger partial charge in [0.05, 0.1) is 10.4 Å². The maximum absolute atomic E-state index is 11.3. The first-order chi connectivity index (χ1) is 10.0. The van der Waals surface area contributed by atoms with Crippen LogP contribution in [0.1, 0.15) is 13.3 Å². The summed E-state index contributed by atoms with van der Waals surface area (Å²) in [7, 11) is 0. The van der Waals surface area contributed by atoms with Crippen LogP contribution in [0.3, 0.4) is 0 Å². The molecule has 0 spiro atoms. The van der Waals surface area contributed by atoms with Gasteiger partial charge in [-0.2, -0.15) is 0 Å². The minimum atomic E-state index is -0.423. The molecule has 1 aromatic heterocycles. The Kier molecular flexibility index (Phi) is 5.17. The summed E-state index contributed by atoms with van der Waals surface area (Å²) in [4.78, 5) is 15.3. The number of hydrogen-bond donors (Lipinski definition) is 2. The third-order valence-electron chi connectivity index (χ3n) is 3.07. The van der Waals surface area contributed by atoms with E-state index in [9.17, 15) is 10.1 Å². The van der Waals surface area contributed by atoms with Crippen LogP contribution in [-0.2, 0) is 6.54 Å². The van der Waals surface area contributed by atoms with Crippen molar-refractivity contribution in [2.24, 2.45) is 5.73 Å². The number of anilines is 1. The highest BCUT2D eigenvalue weighted by Crippen LogP contribution is 2.39. The standard InChI is InChI=1S/C12H15Br2N5O2/c1-2-18-8-6-7(13)9(14)11(19(20)21)10(8)17-12(18)16-5-3-4-15/h6H,2-5,15H2,1H3,(H,16,17). The lowest BCUT2D eigenvalue weighted by Crippen LogP contribution is -2.11. The Morgan fingerprint density at radius 3 is 2.81 bits per heavy atom. The molecule has 0 atom stereocenters. The number of hydrogen-bond acceptors (Lipinski definition) is 5. The zero-order chi connectivity index (χ0) is 15.6. The number of nitro benzene ring substituents is 1. The number of nitrogens with two attached hydrogens (primary N) is 1. The van der Waals surface area contributed by atoms with Gasteiger partial charge in [-0.25, -0.2) is 4.98 Å². The molecule has 2 aromatic rings. The van der Waals surface area contributed by atoms with Crippen LogP contribution in [0.5, 0.6) is 0 Å². The number of nitrogens with zero attached hydrogens (tertiary/aromatic N) is 3. The molecule has 0 aliphatic rings. The molecule has 0 unspecified atom stereocenters. The van der Waals surface area contributed by atoms with Gasteiger partial charge in [0, 0.05) is 17.6 Å². The fourth-order valence-electron chi connectivity index (χ4n) is 2.11. The van der Waals surface area contributed by atoms with Gasteiger partial charge in [-0.1, -0.05) is 0 Å². The minimum absolute atomic E-state index is 0.0338. The predicted octanol–water partition coefficient (Wildman–Crippen LogP) is 3.25. The molecule has 1 heterocycles. The molecular formula is C12H15Br2N5O2. The summed E-state index contributed by atoms with van der Waals surface area (Å²) in [5.74, 6) is 0.619. The van der Waals surface area contributed by atoms with E-state index in [1.807, 2.05) is 17.6 Å². The smallest absolute Gasteiger partial charge is 0.312 e. The number of aryl methyl sites for hydroxylation is 1. The molecule has 114 valence electrons. The molecule has 21 heavy (non-hydrogen) atoms. The van der Waals surface area contributed by atoms with Crippen LogP contribution in [0.4, 0.5) is 11.6 Å². The summed E-state index contributed by atoms with van der Waals surface area (Å²) < 4.78 is 2.94. The average Bonchev–Trinajstić information content (AvgIpc) is 2.76. The van der Waals surface area contributed by atoms with Crippen LogP contribution >= 0.6 is 31.9 Å². The van der Waals surface area contributed by atoms with Crippen molar-refractivity contribution in [1.82, 2.24) is 9.55 Å². The predicted molar refractivity (Wildman–Crippen MR) is 89.6 cm³/mol. The zero-order valence-corrected chi connectivity index (χ0v) is 14.6. The van der Waals surface area contributed by atoms with Gasteiger partial charge >= 0.3 is 5.69 Å². The van der Waals surface area contributed by atoms with Crippen molar-refractivity contribution in [3.8, 4) is 0 Å². The average molecular weight is 421 g/mol. The van der Waals surface area contributed by atoms with E-state index in [1.165, 1.54) is 0 Å². The van der Waals surface area contributed by atoms with Crippen molar-refractivity contribution in [3.05, 3.63) is 25.1 Å². The van der Waals surface area contributed by atoms with E-state index in [0.717, 1.165) is 11.9 Å². The first-order valence-corrected chi connectivity index (χ1v) is 8.06. The first-order valence-electron chi connectivity index (χ1n) is 6.47. The van der Waals surface area contributed by atoms with E-state index < -0.39 is 4.92 Å². The van der Waals surface area contributed by atoms with Gasteiger partial charge < -0.3 is 15.6 Å². The Bertz CT molecular complexity index is 686. The number of rotatable bonds is 6. The zero-order valence-electron chi connectivity index (χ0n) is 11.4. The van der Waals surface area contributed by atoms with Crippen LogP contribution in [0.15, 0.2) is 15.0 Å². The lowest BCUT2D eigenvalue weighted by molar-refractivity contribution is -0.384. The Labute approximate surface area is 138 Å². The fourth-order valence-corrected chi connectivity index (χ4v) is 2.96. The summed E-state index contributed by atoms with van der Waals surface area (Å²) in [5.41, 5.74) is 6.52. The van der Waals surface area contributed by atoms with Crippen molar-refractivity contribution in [2.45, 2.75) is 19.9 Å². The second-order valence-corrected chi connectivity index (χ2v) is 6.04. The largest absolute Gasteiger partial charge is 0.356 e. The van der Waals surface area contributed by atoms with Crippen LogP contribution in [0.25, 0.3) is 11.0 Å². The van der Waals surface area contributed by atoms with E-state index in [1.54, 1.807) is 0 Å². The van der Waals surface area contributed by atoms with E-state index in [-0.39, 0.29) is 5.69 Å². The van der Waals surface area contributed by atoms with Crippen LogP contribution in [0, 0.1) is 10.1 Å². The highest BCUT2D eigenvalue weighted by atomic mass is 79.9. The summed E-state index contributed by atoms with van der Waals surface area (Å²) in [6, 6.07) is 1.83. The maximum Gasteiger partial charge on any atom is 0.312 e. The molecule has 0 aliphatic carbocycles. The monoisotopic (exact) mass is 419 g/mol. The Hall–Kier alpha value is -1.19. The Morgan fingerprint density at radius 1 is 1.52 bits per heavy atom. The fraction of sp³-hybridized carbons (Fsp3) is 0.417. The van der Waals surface area contributed by atoms with Crippen LogP contribution in [0.2, 0.25) is 0 Å². The number of nitrogens with one attached hydrogen (secondary N) is 1. The molecule has 0 amide bonds. The molecule has 3 N–H and O–H groups in total. The van der Waals surface area contributed by atoms with E-state index in [0.29, 0.717) is 40.0 Å². The lowest BCUT2D eigenvalue weighted by atomic mass is 10.2. The van der Waals surface area contributed by atoms with Gasteiger partial charge in [0.15, 0.2) is 5.52 Å². The molecule has 9 heteroatoms. The maximum atomic E-state index is 11.3. The molecule has 0 fully saturated rings. The van der Waals surface area contributed by atoms with Gasteiger partial charge in [-0.3, -0.25) is 10.1 Å². The first kappa shape index (κ1) is 16.2. The van der Waals surface area contributed by atoms with Gasteiger partial charge in [-0.05, 0) is 57.8 Å². The van der Waals surface area contributed by atoms with Crippen molar-refractivity contribution in [2.75, 3.05) is 18.4 Å². The van der Waals surface area contributed by atoms with Crippen LogP contribution < -0.4 is 11.1 Å². The molecule has 0 aliphatic heterocycles. The number of imidazole rings is 1. The molecule has 2 rings (SSSR count). The van der Waals surface area contributed by atoms with E-state index in [2.05, 4.69) is 42.2 Å². The van der Waals surface area contributed by atoms with Gasteiger partial charge in [0.1, 0.15) is 4.47 Å². The van der Waals surface area contributed by atoms with E-state index >= 15 is 0 Å². The quantitative estimate of drug-likeness (QED) is 0.424. The second-order valence-electron chi connectivity index (χ2n) is 4.39. The third kappa shape index (κ3) is 3.04. The Balaban J connectivity index is 2.63. The number of benzene rings is 1. The highest BCUT2D eigenvalue weighted by molar-refractivity contribution is 9.13. The number of halogens is 2. The Morgan fingerprint density at radius 2 is 2.24 bits per heavy atom. The highest BCUT2D eigenvalue weighted by Gasteiger charge is 2.25. The van der Waals surface area contributed by atoms with E-state index in [4.69, 9.17) is 5.73 Å². The van der Waals surface area contributed by atoms with Crippen molar-refractivity contribution >= 4 is 54.5 Å². The molecular weight excluding hydrogens is 406 g/mol. The van der Waals surface area contributed by atoms with Gasteiger partial charge in [-0.15, -0.1) is 0 Å². The van der Waals surface area contributed by atoms with Crippen LogP contribution in [-0.4, -0.2) is 27.6 Å². The van der Waals surface area contributed by atoms with Crippen molar-refractivity contribution in [1.29, 1.82) is 0 Å². The summed E-state index contributed by atoms with van der Waals surface area (Å²) >= 11 is 6.59. The van der Waals surface area contributed by atoms with Gasteiger partial charge in [0.25, 0.3) is 0 Å². The van der Waals surface area contributed by atoms with Crippen molar-refractivity contribution < 1.29 is 4.92 Å². The topological polar surface area (TPSA) is 99.0 Å². The third-order valence-corrected chi connectivity index (χ3v) is 5.04. The molecule has 1 aromatic carbocycles. The number of fused-ring (bicyclic) bond motifs is 1. The SMILES string of the molecule is CCn1c(NCCCN)nc2c([N+](=O)[O-])c(Br)c(Br)cc21. The van der Waals surface area contributed by atoms with Gasteiger partial charge in [0.2, 0.25) is 5.95 Å². The number of nitro groups is 1. The summed E-state index contributed by atoms with van der Waals surface area (Å²) in [6.45, 7) is 3.89. The molecule has 0 radical (unpaired) electrons. The minimum Gasteiger partial charge on any atom is -0.356 e. The summed E-state index contributed by atoms with van der Waals surface area (Å²) in [5, 5.41) is 14.5. The molecule has 0 saturated carbocycles. The second kappa shape index (κ2) is 6.71. The number of aromatic nitrogens is 2. The summed E-state index contributed by atoms with van der Waals surface area (Å²) in [6.07, 6.45) is 0.808. The molecule has 0 bridgehead atoms. The molecule has 7 nitrogen and oxygen atoms in total.